The minimum absolute atomic E-state index is 0.0997. The first-order chi connectivity index (χ1) is 16.5. The summed E-state index contributed by atoms with van der Waals surface area (Å²) in [6.45, 7) is 2.68. The van der Waals surface area contributed by atoms with E-state index in [-0.39, 0.29) is 24.4 Å². The van der Waals surface area contributed by atoms with E-state index in [1.54, 1.807) is 41.6 Å². The average Bonchev–Trinajstić information content (AvgIpc) is 3.55. The molecule has 1 atom stereocenters. The predicted molar refractivity (Wildman–Crippen MR) is 134 cm³/mol. The maximum absolute atomic E-state index is 13.1. The third-order valence-electron chi connectivity index (χ3n) is 6.03. The van der Waals surface area contributed by atoms with Crippen LogP contribution in [0.5, 0.6) is 11.5 Å². The SMILES string of the molecule is CNC(=O)c1c(C)sc2cc(Oc3ccnc4cc(C(=O)N5CCC[C@H]5CN=O)sc34)ccc12. The van der Waals surface area contributed by atoms with E-state index in [0.717, 1.165) is 32.5 Å². The molecule has 3 aromatic heterocycles. The smallest absolute Gasteiger partial charge is 0.264 e. The molecule has 10 heteroatoms. The third-order valence-corrected chi connectivity index (χ3v) is 8.22. The minimum atomic E-state index is -0.139. The van der Waals surface area contributed by atoms with Gasteiger partial charge in [0.25, 0.3) is 11.8 Å². The lowest BCUT2D eigenvalue weighted by Gasteiger charge is -2.21. The molecular weight excluding hydrogens is 472 g/mol. The topological polar surface area (TPSA) is 101 Å². The molecule has 2 amide bonds. The van der Waals surface area contributed by atoms with Crippen LogP contribution in [0.25, 0.3) is 20.3 Å². The molecule has 5 rings (SSSR count). The second-order valence-electron chi connectivity index (χ2n) is 8.11. The minimum Gasteiger partial charge on any atom is -0.456 e. The highest BCUT2D eigenvalue weighted by Crippen LogP contribution is 2.38. The highest BCUT2D eigenvalue weighted by molar-refractivity contribution is 7.21. The quantitative estimate of drug-likeness (QED) is 0.365. The van der Waals surface area contributed by atoms with Crippen LogP contribution in [0.2, 0.25) is 0 Å². The third kappa shape index (κ3) is 3.92. The fraction of sp³-hybridized carbons (Fsp3) is 0.292. The van der Waals surface area contributed by atoms with Crippen molar-refractivity contribution in [1.29, 1.82) is 0 Å². The van der Waals surface area contributed by atoms with Crippen LogP contribution in [-0.2, 0) is 0 Å². The zero-order chi connectivity index (χ0) is 23.8. The number of amides is 2. The van der Waals surface area contributed by atoms with Crippen molar-refractivity contribution in [2.45, 2.75) is 25.8 Å². The summed E-state index contributed by atoms with van der Waals surface area (Å²) in [5.74, 6) is 1.05. The van der Waals surface area contributed by atoms with Crippen LogP contribution in [0.4, 0.5) is 0 Å². The molecule has 0 saturated carbocycles. The van der Waals surface area contributed by atoms with Gasteiger partial charge in [0, 0.05) is 40.8 Å². The number of hydrogen-bond acceptors (Lipinski definition) is 8. The monoisotopic (exact) mass is 494 g/mol. The molecule has 0 bridgehead atoms. The number of likely N-dealkylation sites (tertiary alicyclic amines) is 1. The molecule has 8 nitrogen and oxygen atoms in total. The maximum atomic E-state index is 13.1. The van der Waals surface area contributed by atoms with Crippen molar-refractivity contribution in [1.82, 2.24) is 15.2 Å². The van der Waals surface area contributed by atoms with Gasteiger partial charge < -0.3 is 15.0 Å². The zero-order valence-electron chi connectivity index (χ0n) is 18.7. The number of aryl methyl sites for hydroxylation is 1. The Labute approximate surface area is 203 Å². The van der Waals surface area contributed by atoms with E-state index in [1.807, 2.05) is 25.1 Å². The molecule has 1 N–H and O–H groups in total. The highest BCUT2D eigenvalue weighted by atomic mass is 32.1. The predicted octanol–water partition coefficient (Wildman–Crippen LogP) is 5.34. The van der Waals surface area contributed by atoms with Crippen LogP contribution in [0, 0.1) is 11.8 Å². The molecule has 174 valence electrons. The molecule has 4 heterocycles. The van der Waals surface area contributed by atoms with Gasteiger partial charge in [-0.3, -0.25) is 14.6 Å². The number of pyridine rings is 1. The Morgan fingerprint density at radius 1 is 1.26 bits per heavy atom. The van der Waals surface area contributed by atoms with Crippen molar-refractivity contribution in [3.63, 3.8) is 0 Å². The molecule has 1 fully saturated rings. The number of nitroso groups, excluding NO2 is 1. The van der Waals surface area contributed by atoms with Crippen LogP contribution >= 0.6 is 22.7 Å². The van der Waals surface area contributed by atoms with E-state index < -0.39 is 0 Å². The van der Waals surface area contributed by atoms with Gasteiger partial charge >= 0.3 is 0 Å². The molecule has 1 aromatic carbocycles. The molecule has 0 aliphatic carbocycles. The summed E-state index contributed by atoms with van der Waals surface area (Å²) in [6.07, 6.45) is 3.32. The normalized spacial score (nSPS) is 15.7. The van der Waals surface area contributed by atoms with Gasteiger partial charge in [-0.1, -0.05) is 5.18 Å². The standard InChI is InChI=1S/C24H22N4O4S2/c1-13-21(23(29)25-2)16-6-5-15(10-19(16)33-13)32-18-7-8-26-17-11-20(34-22(17)18)24(30)28-9-3-4-14(28)12-27-31/h5-8,10-11,14H,3-4,9,12H2,1-2H3,(H,25,29)/t14-/m0/s1. The molecule has 0 spiro atoms. The van der Waals surface area contributed by atoms with Gasteiger partial charge in [0.2, 0.25) is 0 Å². The number of carbonyl (C=O) groups excluding carboxylic acids is 2. The summed E-state index contributed by atoms with van der Waals surface area (Å²) in [5, 5.41) is 6.58. The van der Waals surface area contributed by atoms with Gasteiger partial charge in [-0.25, -0.2) is 0 Å². The van der Waals surface area contributed by atoms with Gasteiger partial charge in [0.1, 0.15) is 18.0 Å². The maximum Gasteiger partial charge on any atom is 0.264 e. The Morgan fingerprint density at radius 3 is 2.91 bits per heavy atom. The summed E-state index contributed by atoms with van der Waals surface area (Å²) in [6, 6.07) is 9.08. The second-order valence-corrected chi connectivity index (χ2v) is 10.4. The number of carbonyl (C=O) groups is 2. The van der Waals surface area contributed by atoms with Gasteiger partial charge in [0.15, 0.2) is 0 Å². The number of hydrogen-bond donors (Lipinski definition) is 1. The highest BCUT2D eigenvalue weighted by Gasteiger charge is 2.31. The molecule has 0 unspecified atom stereocenters. The second kappa shape index (κ2) is 9.11. The summed E-state index contributed by atoms with van der Waals surface area (Å²) < 4.78 is 7.95. The van der Waals surface area contributed by atoms with Gasteiger partial charge in [0.05, 0.1) is 26.7 Å². The van der Waals surface area contributed by atoms with Crippen molar-refractivity contribution in [2.24, 2.45) is 5.18 Å². The van der Waals surface area contributed by atoms with Crippen LogP contribution in [0.3, 0.4) is 0 Å². The Morgan fingerprint density at radius 2 is 2.12 bits per heavy atom. The summed E-state index contributed by atoms with van der Waals surface area (Å²) in [7, 11) is 1.63. The molecule has 1 aliphatic heterocycles. The van der Waals surface area contributed by atoms with Crippen LogP contribution in [-0.4, -0.2) is 47.9 Å². The Bertz CT molecular complexity index is 1430. The lowest BCUT2D eigenvalue weighted by Crippen LogP contribution is -2.36. The number of aromatic nitrogens is 1. The number of benzene rings is 1. The van der Waals surface area contributed by atoms with Crippen LogP contribution < -0.4 is 10.1 Å². The molecule has 34 heavy (non-hydrogen) atoms. The van der Waals surface area contributed by atoms with E-state index in [1.165, 1.54) is 11.3 Å². The first-order valence-corrected chi connectivity index (χ1v) is 12.5. The first-order valence-electron chi connectivity index (χ1n) is 10.9. The Hall–Kier alpha value is -3.37. The number of fused-ring (bicyclic) bond motifs is 2. The molecular formula is C24H22N4O4S2. The molecule has 4 aromatic rings. The lowest BCUT2D eigenvalue weighted by atomic mass is 10.1. The summed E-state index contributed by atoms with van der Waals surface area (Å²) >= 11 is 2.88. The number of nitrogens with zero attached hydrogens (tertiary/aromatic N) is 3. The van der Waals surface area contributed by atoms with E-state index in [4.69, 9.17) is 4.74 Å². The first kappa shape index (κ1) is 22.4. The number of nitrogens with one attached hydrogen (secondary N) is 1. The number of ether oxygens (including phenoxy) is 1. The number of thiophene rings is 2. The van der Waals surface area contributed by atoms with Crippen molar-refractivity contribution in [2.75, 3.05) is 20.1 Å². The molecule has 1 saturated heterocycles. The fourth-order valence-electron chi connectivity index (χ4n) is 4.42. The van der Waals surface area contributed by atoms with Crippen molar-refractivity contribution < 1.29 is 14.3 Å². The van der Waals surface area contributed by atoms with Crippen molar-refractivity contribution in [3.05, 3.63) is 56.8 Å². The van der Waals surface area contributed by atoms with Gasteiger partial charge in [-0.2, -0.15) is 4.91 Å². The van der Waals surface area contributed by atoms with E-state index in [2.05, 4.69) is 15.5 Å². The van der Waals surface area contributed by atoms with E-state index in [9.17, 15) is 14.5 Å². The Kier molecular flexibility index (Phi) is 6.01. The van der Waals surface area contributed by atoms with Crippen LogP contribution in [0.1, 0.15) is 37.7 Å². The number of rotatable bonds is 6. The van der Waals surface area contributed by atoms with Gasteiger partial charge in [-0.15, -0.1) is 22.7 Å². The van der Waals surface area contributed by atoms with Crippen molar-refractivity contribution >= 4 is 54.8 Å². The molecule has 1 aliphatic rings. The average molecular weight is 495 g/mol. The largest absolute Gasteiger partial charge is 0.456 e. The van der Waals surface area contributed by atoms with Crippen molar-refractivity contribution in [3.8, 4) is 11.5 Å². The Balaban J connectivity index is 1.45. The fourth-order valence-corrected chi connectivity index (χ4v) is 6.53. The lowest BCUT2D eigenvalue weighted by molar-refractivity contribution is 0.0746. The summed E-state index contributed by atoms with van der Waals surface area (Å²) in [4.78, 5) is 43.8. The molecule has 0 radical (unpaired) electrons. The zero-order valence-corrected chi connectivity index (χ0v) is 20.3. The van der Waals surface area contributed by atoms with Crippen LogP contribution in [0.15, 0.2) is 41.7 Å². The summed E-state index contributed by atoms with van der Waals surface area (Å²) in [5.41, 5.74) is 1.37. The van der Waals surface area contributed by atoms with Gasteiger partial charge in [-0.05, 0) is 44.0 Å². The van der Waals surface area contributed by atoms with E-state index >= 15 is 0 Å². The van der Waals surface area contributed by atoms with E-state index in [0.29, 0.717) is 34.0 Å².